The number of carbonyl (C=O) groups is 1. The zero-order chi connectivity index (χ0) is 17.2. The first-order chi connectivity index (χ1) is 10.7. The molecule has 1 N–H and O–H groups in total. The molecule has 23 heavy (non-hydrogen) atoms. The summed E-state index contributed by atoms with van der Waals surface area (Å²) in [6, 6.07) is 6.68. The lowest BCUT2D eigenvalue weighted by molar-refractivity contribution is 0.0525. The Morgan fingerprint density at radius 1 is 1.13 bits per heavy atom. The molecule has 2 aromatic rings. The molecule has 1 aromatic heterocycles. The molecule has 0 aliphatic rings. The van der Waals surface area contributed by atoms with Gasteiger partial charge in [0.05, 0.1) is 17.3 Å². The minimum Gasteiger partial charge on any atom is -0.444 e. The van der Waals surface area contributed by atoms with Gasteiger partial charge in [-0.25, -0.2) is 9.48 Å². The molecule has 124 valence electrons. The highest BCUT2D eigenvalue weighted by molar-refractivity contribution is 5.80. The van der Waals surface area contributed by atoms with Crippen LogP contribution in [0.3, 0.4) is 0 Å². The van der Waals surface area contributed by atoms with E-state index in [0.717, 1.165) is 0 Å². The van der Waals surface area contributed by atoms with Gasteiger partial charge in [0.15, 0.2) is 0 Å². The van der Waals surface area contributed by atoms with E-state index in [1.807, 2.05) is 0 Å². The van der Waals surface area contributed by atoms with E-state index in [-0.39, 0.29) is 24.2 Å². The van der Waals surface area contributed by atoms with Crippen molar-refractivity contribution in [1.82, 2.24) is 14.7 Å². The summed E-state index contributed by atoms with van der Waals surface area (Å²) in [6.45, 7) is 5.66. The standard InChI is InChI=1S/C16H21N3O4/c1-16(2,3)23-15(22)17-9-10-19-14(21)12-8-6-5-7-11(12)13(20)18(19)4/h5-8H,9-10H2,1-4H3,(H,17,22). The van der Waals surface area contributed by atoms with Crippen molar-refractivity contribution in [2.24, 2.45) is 7.05 Å². The van der Waals surface area contributed by atoms with E-state index >= 15 is 0 Å². The Kier molecular flexibility index (Phi) is 4.58. The van der Waals surface area contributed by atoms with Crippen LogP contribution in [0.15, 0.2) is 33.9 Å². The van der Waals surface area contributed by atoms with Crippen LogP contribution >= 0.6 is 0 Å². The van der Waals surface area contributed by atoms with Gasteiger partial charge in [0.25, 0.3) is 11.1 Å². The van der Waals surface area contributed by atoms with Crippen LogP contribution in [-0.4, -0.2) is 27.6 Å². The van der Waals surface area contributed by atoms with Crippen molar-refractivity contribution in [2.45, 2.75) is 32.9 Å². The smallest absolute Gasteiger partial charge is 0.407 e. The second-order valence-corrected chi connectivity index (χ2v) is 6.23. The van der Waals surface area contributed by atoms with Crippen LogP contribution in [0.2, 0.25) is 0 Å². The van der Waals surface area contributed by atoms with Crippen molar-refractivity contribution < 1.29 is 9.53 Å². The Morgan fingerprint density at radius 2 is 1.70 bits per heavy atom. The summed E-state index contributed by atoms with van der Waals surface area (Å²) in [5.41, 5.74) is -1.11. The molecule has 0 aliphatic carbocycles. The molecule has 0 saturated heterocycles. The van der Waals surface area contributed by atoms with Crippen LogP contribution in [0.5, 0.6) is 0 Å². The van der Waals surface area contributed by atoms with Gasteiger partial charge >= 0.3 is 6.09 Å². The highest BCUT2D eigenvalue weighted by atomic mass is 16.6. The number of nitrogens with one attached hydrogen (secondary N) is 1. The highest BCUT2D eigenvalue weighted by Crippen LogP contribution is 2.06. The molecule has 1 aromatic carbocycles. The molecule has 0 atom stereocenters. The largest absolute Gasteiger partial charge is 0.444 e. The Hall–Kier alpha value is -2.57. The predicted octanol–water partition coefficient (Wildman–Crippen LogP) is 1.22. The summed E-state index contributed by atoms with van der Waals surface area (Å²) in [6.07, 6.45) is -0.559. The number of rotatable bonds is 3. The molecule has 7 nitrogen and oxygen atoms in total. The second kappa shape index (κ2) is 6.28. The van der Waals surface area contributed by atoms with Crippen LogP contribution in [0.25, 0.3) is 10.8 Å². The molecule has 0 radical (unpaired) electrons. The van der Waals surface area contributed by atoms with Gasteiger partial charge < -0.3 is 10.1 Å². The third kappa shape index (κ3) is 3.80. The average Bonchev–Trinajstić information content (AvgIpc) is 2.46. The summed E-state index contributed by atoms with van der Waals surface area (Å²) < 4.78 is 7.70. The maximum atomic E-state index is 12.5. The van der Waals surface area contributed by atoms with Crippen molar-refractivity contribution in [1.29, 1.82) is 0 Å². The van der Waals surface area contributed by atoms with Crippen molar-refractivity contribution in [3.63, 3.8) is 0 Å². The van der Waals surface area contributed by atoms with Gasteiger partial charge in [0.1, 0.15) is 5.60 Å². The fourth-order valence-electron chi connectivity index (χ4n) is 2.24. The molecule has 0 unspecified atom stereocenters. The number of carbonyl (C=O) groups excluding carboxylic acids is 1. The number of hydrogen-bond donors (Lipinski definition) is 1. The maximum Gasteiger partial charge on any atom is 0.407 e. The third-order valence-electron chi connectivity index (χ3n) is 3.27. The Morgan fingerprint density at radius 3 is 2.26 bits per heavy atom. The van der Waals surface area contributed by atoms with E-state index in [0.29, 0.717) is 10.8 Å². The minimum absolute atomic E-state index is 0.175. The number of alkyl carbamates (subject to hydrolysis) is 1. The van der Waals surface area contributed by atoms with Crippen LogP contribution in [0.4, 0.5) is 4.79 Å². The fraction of sp³-hybridized carbons (Fsp3) is 0.438. The molecular weight excluding hydrogens is 298 g/mol. The van der Waals surface area contributed by atoms with E-state index in [1.54, 1.807) is 45.0 Å². The van der Waals surface area contributed by atoms with Gasteiger partial charge in [-0.3, -0.25) is 14.3 Å². The third-order valence-corrected chi connectivity index (χ3v) is 3.27. The van der Waals surface area contributed by atoms with Gasteiger partial charge in [-0.15, -0.1) is 0 Å². The minimum atomic E-state index is -0.587. The Labute approximate surface area is 133 Å². The Bertz CT molecular complexity index is 843. The predicted molar refractivity (Wildman–Crippen MR) is 87.7 cm³/mol. The van der Waals surface area contributed by atoms with Crippen molar-refractivity contribution >= 4 is 16.9 Å². The number of amides is 1. The summed E-state index contributed by atoms with van der Waals surface area (Å²) in [7, 11) is 1.53. The van der Waals surface area contributed by atoms with Gasteiger partial charge in [-0.05, 0) is 32.9 Å². The van der Waals surface area contributed by atoms with Gasteiger partial charge in [0.2, 0.25) is 0 Å². The van der Waals surface area contributed by atoms with E-state index in [1.165, 1.54) is 16.4 Å². The number of hydrogen-bond acceptors (Lipinski definition) is 4. The number of nitrogens with zero attached hydrogens (tertiary/aromatic N) is 2. The van der Waals surface area contributed by atoms with E-state index < -0.39 is 11.7 Å². The summed E-state index contributed by atoms with van der Waals surface area (Å²) >= 11 is 0. The first kappa shape index (κ1) is 16.8. The highest BCUT2D eigenvalue weighted by Gasteiger charge is 2.16. The van der Waals surface area contributed by atoms with Gasteiger partial charge in [0, 0.05) is 13.6 Å². The topological polar surface area (TPSA) is 82.3 Å². The number of aromatic nitrogens is 2. The molecule has 0 saturated carbocycles. The average molecular weight is 319 g/mol. The lowest BCUT2D eigenvalue weighted by Gasteiger charge is -2.20. The van der Waals surface area contributed by atoms with Crippen LogP contribution in [-0.2, 0) is 18.3 Å². The number of ether oxygens (including phenoxy) is 1. The SMILES string of the molecule is Cn1c(=O)c2ccccc2c(=O)n1CCNC(=O)OC(C)(C)C. The Balaban J connectivity index is 2.20. The zero-order valence-corrected chi connectivity index (χ0v) is 13.8. The first-order valence-corrected chi connectivity index (χ1v) is 7.36. The van der Waals surface area contributed by atoms with Gasteiger partial charge in [-0.1, -0.05) is 12.1 Å². The monoisotopic (exact) mass is 319 g/mol. The normalized spacial score (nSPS) is 11.5. The molecule has 7 heteroatoms. The summed E-state index contributed by atoms with van der Waals surface area (Å²) in [5.74, 6) is 0. The molecule has 1 heterocycles. The quantitative estimate of drug-likeness (QED) is 0.922. The molecule has 1 amide bonds. The first-order valence-electron chi connectivity index (χ1n) is 7.36. The second-order valence-electron chi connectivity index (χ2n) is 6.23. The van der Waals surface area contributed by atoms with E-state index in [9.17, 15) is 14.4 Å². The van der Waals surface area contributed by atoms with Crippen LogP contribution < -0.4 is 16.4 Å². The molecular formula is C16H21N3O4. The van der Waals surface area contributed by atoms with Crippen LogP contribution in [0.1, 0.15) is 20.8 Å². The summed E-state index contributed by atoms with van der Waals surface area (Å²) in [4.78, 5) is 36.4. The zero-order valence-electron chi connectivity index (χ0n) is 13.8. The lowest BCUT2D eigenvalue weighted by atomic mass is 10.2. The molecule has 0 aliphatic heterocycles. The maximum absolute atomic E-state index is 12.5. The molecule has 2 rings (SSSR count). The van der Waals surface area contributed by atoms with Crippen molar-refractivity contribution in [3.8, 4) is 0 Å². The molecule has 0 spiro atoms. The van der Waals surface area contributed by atoms with Crippen LogP contribution in [0, 0.1) is 0 Å². The lowest BCUT2D eigenvalue weighted by Crippen LogP contribution is -2.41. The fourth-order valence-corrected chi connectivity index (χ4v) is 2.24. The number of benzene rings is 1. The van der Waals surface area contributed by atoms with Crippen molar-refractivity contribution in [3.05, 3.63) is 45.0 Å². The number of fused-ring (bicyclic) bond motifs is 1. The van der Waals surface area contributed by atoms with Crippen molar-refractivity contribution in [2.75, 3.05) is 6.54 Å². The summed E-state index contributed by atoms with van der Waals surface area (Å²) in [5, 5.41) is 3.33. The molecule has 0 bridgehead atoms. The molecule has 0 fully saturated rings. The van der Waals surface area contributed by atoms with Gasteiger partial charge in [-0.2, -0.15) is 0 Å². The van der Waals surface area contributed by atoms with E-state index in [4.69, 9.17) is 4.74 Å². The van der Waals surface area contributed by atoms with E-state index in [2.05, 4.69) is 5.32 Å².